The zero-order chi connectivity index (χ0) is 17.0. The van der Waals surface area contributed by atoms with Crippen molar-refractivity contribution in [2.24, 2.45) is 5.92 Å². The summed E-state index contributed by atoms with van der Waals surface area (Å²) >= 11 is 0. The van der Waals surface area contributed by atoms with Crippen molar-refractivity contribution in [1.82, 2.24) is 0 Å². The van der Waals surface area contributed by atoms with Gasteiger partial charge in [0.2, 0.25) is 0 Å². The number of ketones is 1. The Labute approximate surface area is 122 Å². The van der Waals surface area contributed by atoms with Crippen LogP contribution in [-0.2, 0) is 4.79 Å². The number of aliphatic carboxylic acids is 1. The largest absolute Gasteiger partial charge is 0.481 e. The second-order valence-electron chi connectivity index (χ2n) is 4.77. The molecule has 0 aliphatic heterocycles. The van der Waals surface area contributed by atoms with Gasteiger partial charge in [0.05, 0.1) is 5.92 Å². The van der Waals surface area contributed by atoms with Crippen LogP contribution in [0, 0.1) is 5.92 Å². The molecule has 0 fully saturated rings. The molecule has 1 aromatic carbocycles. The van der Waals surface area contributed by atoms with Crippen molar-refractivity contribution < 1.29 is 36.6 Å². The Hall–Kier alpha value is -1.99. The van der Waals surface area contributed by atoms with E-state index < -0.39 is 49.0 Å². The van der Waals surface area contributed by atoms with Gasteiger partial charge in [-0.05, 0) is 6.42 Å². The summed E-state index contributed by atoms with van der Waals surface area (Å²) in [4.78, 5) is 22.6. The zero-order valence-electron chi connectivity index (χ0n) is 11.2. The number of Topliss-reactive ketones (excluding diaryl/α,β-unsaturated/α-hetero) is 1. The lowest BCUT2D eigenvalue weighted by molar-refractivity contribution is -0.287. The lowest BCUT2D eigenvalue weighted by atomic mass is 9.93. The SMILES string of the molecule is O=C(CCC(CC(F)(F)C(F)(F)F)C(=O)O)c1ccccc1. The van der Waals surface area contributed by atoms with Gasteiger partial charge in [0.1, 0.15) is 0 Å². The molecule has 22 heavy (non-hydrogen) atoms. The number of carboxylic acid groups (broad SMARTS) is 1. The Kier molecular flexibility index (Phi) is 5.62. The van der Waals surface area contributed by atoms with Crippen molar-refractivity contribution in [3.63, 3.8) is 0 Å². The van der Waals surface area contributed by atoms with Crippen molar-refractivity contribution in [3.8, 4) is 0 Å². The van der Waals surface area contributed by atoms with E-state index in [4.69, 9.17) is 5.11 Å². The highest BCUT2D eigenvalue weighted by Gasteiger charge is 2.58. The van der Waals surface area contributed by atoms with E-state index >= 15 is 0 Å². The van der Waals surface area contributed by atoms with Gasteiger partial charge in [-0.3, -0.25) is 9.59 Å². The van der Waals surface area contributed by atoms with Crippen LogP contribution in [0.5, 0.6) is 0 Å². The van der Waals surface area contributed by atoms with Gasteiger partial charge in [-0.1, -0.05) is 30.3 Å². The number of carboxylic acids is 1. The average Bonchev–Trinajstić information content (AvgIpc) is 2.42. The number of carbonyl (C=O) groups is 2. The standard InChI is InChI=1S/C14H13F5O3/c15-13(16,14(17,18)19)8-10(12(21)22)6-7-11(20)9-4-2-1-3-5-9/h1-5,10H,6-8H2,(H,21,22). The van der Waals surface area contributed by atoms with Crippen molar-refractivity contribution in [2.45, 2.75) is 31.4 Å². The number of benzene rings is 1. The first-order chi connectivity index (χ1) is 10.0. The third-order valence-corrected chi connectivity index (χ3v) is 3.08. The number of halogens is 5. The van der Waals surface area contributed by atoms with E-state index in [9.17, 15) is 31.5 Å². The Morgan fingerprint density at radius 2 is 1.59 bits per heavy atom. The van der Waals surface area contributed by atoms with E-state index in [-0.39, 0.29) is 5.56 Å². The molecule has 1 unspecified atom stereocenters. The summed E-state index contributed by atoms with van der Waals surface area (Å²) in [5, 5.41) is 8.77. The molecule has 8 heteroatoms. The van der Waals surface area contributed by atoms with Gasteiger partial charge in [-0.25, -0.2) is 0 Å². The first-order valence-corrected chi connectivity index (χ1v) is 6.30. The molecule has 1 atom stereocenters. The predicted molar refractivity (Wildman–Crippen MR) is 66.8 cm³/mol. The van der Waals surface area contributed by atoms with Crippen molar-refractivity contribution >= 4 is 11.8 Å². The molecule has 0 amide bonds. The highest BCUT2D eigenvalue weighted by Crippen LogP contribution is 2.41. The fraction of sp³-hybridized carbons (Fsp3) is 0.429. The lowest BCUT2D eigenvalue weighted by Crippen LogP contribution is -2.39. The first-order valence-electron chi connectivity index (χ1n) is 6.30. The normalized spacial score (nSPS) is 13.7. The zero-order valence-corrected chi connectivity index (χ0v) is 11.2. The molecule has 0 saturated heterocycles. The number of rotatable bonds is 7. The molecule has 0 spiro atoms. The molecule has 0 aromatic heterocycles. The first kappa shape index (κ1) is 18.1. The van der Waals surface area contributed by atoms with Crippen molar-refractivity contribution in [2.75, 3.05) is 0 Å². The van der Waals surface area contributed by atoms with Gasteiger partial charge >= 0.3 is 18.1 Å². The fourth-order valence-corrected chi connectivity index (χ4v) is 1.81. The van der Waals surface area contributed by atoms with Gasteiger partial charge < -0.3 is 5.11 Å². The van der Waals surface area contributed by atoms with Crippen LogP contribution in [0.3, 0.4) is 0 Å². The van der Waals surface area contributed by atoms with Gasteiger partial charge in [0.15, 0.2) is 5.78 Å². The summed E-state index contributed by atoms with van der Waals surface area (Å²) in [6.45, 7) is 0. The molecule has 1 aromatic rings. The number of carbonyl (C=O) groups excluding carboxylic acids is 1. The van der Waals surface area contributed by atoms with E-state index in [2.05, 4.69) is 0 Å². The third-order valence-electron chi connectivity index (χ3n) is 3.08. The number of hydrogen-bond donors (Lipinski definition) is 1. The molecule has 0 bridgehead atoms. The van der Waals surface area contributed by atoms with E-state index in [0.29, 0.717) is 0 Å². The maximum Gasteiger partial charge on any atom is 0.453 e. The number of alkyl halides is 5. The van der Waals surface area contributed by atoms with Crippen LogP contribution in [0.1, 0.15) is 29.6 Å². The van der Waals surface area contributed by atoms with E-state index in [1.807, 2.05) is 0 Å². The molecule has 0 aliphatic rings. The minimum atomic E-state index is -5.82. The van der Waals surface area contributed by atoms with Gasteiger partial charge in [0.25, 0.3) is 0 Å². The highest BCUT2D eigenvalue weighted by atomic mass is 19.4. The maximum absolute atomic E-state index is 12.9. The average molecular weight is 324 g/mol. The Morgan fingerprint density at radius 3 is 2.05 bits per heavy atom. The Balaban J connectivity index is 2.70. The van der Waals surface area contributed by atoms with Gasteiger partial charge in [0, 0.05) is 18.4 Å². The topological polar surface area (TPSA) is 54.4 Å². The summed E-state index contributed by atoms with van der Waals surface area (Å²) < 4.78 is 62.2. The summed E-state index contributed by atoms with van der Waals surface area (Å²) in [7, 11) is 0. The minimum Gasteiger partial charge on any atom is -0.481 e. The van der Waals surface area contributed by atoms with Crippen LogP contribution >= 0.6 is 0 Å². The van der Waals surface area contributed by atoms with E-state index in [0.717, 1.165) is 0 Å². The molecule has 1 rings (SSSR count). The smallest absolute Gasteiger partial charge is 0.453 e. The van der Waals surface area contributed by atoms with E-state index in [1.54, 1.807) is 18.2 Å². The van der Waals surface area contributed by atoms with Crippen LogP contribution in [-0.4, -0.2) is 29.0 Å². The predicted octanol–water partition coefficient (Wildman–Crippen LogP) is 3.94. The van der Waals surface area contributed by atoms with Crippen LogP contribution in [0.15, 0.2) is 30.3 Å². The fourth-order valence-electron chi connectivity index (χ4n) is 1.81. The monoisotopic (exact) mass is 324 g/mol. The molecule has 1 N–H and O–H groups in total. The van der Waals surface area contributed by atoms with Gasteiger partial charge in [-0.15, -0.1) is 0 Å². The van der Waals surface area contributed by atoms with Crippen molar-refractivity contribution in [1.29, 1.82) is 0 Å². The summed E-state index contributed by atoms with van der Waals surface area (Å²) in [6.07, 6.45) is -8.71. The van der Waals surface area contributed by atoms with Crippen molar-refractivity contribution in [3.05, 3.63) is 35.9 Å². The molecule has 0 heterocycles. The summed E-state index contributed by atoms with van der Waals surface area (Å²) in [5.41, 5.74) is 0.245. The number of hydrogen-bond acceptors (Lipinski definition) is 2. The quantitative estimate of drug-likeness (QED) is 0.610. The second kappa shape index (κ2) is 6.85. The molecular formula is C14H13F5O3. The molecule has 0 saturated carbocycles. The summed E-state index contributed by atoms with van der Waals surface area (Å²) in [6, 6.07) is 7.64. The molecule has 122 valence electrons. The molecular weight excluding hydrogens is 311 g/mol. The Bertz CT molecular complexity index is 525. The van der Waals surface area contributed by atoms with Crippen LogP contribution < -0.4 is 0 Å². The van der Waals surface area contributed by atoms with Gasteiger partial charge in [-0.2, -0.15) is 22.0 Å². The van der Waals surface area contributed by atoms with E-state index in [1.165, 1.54) is 12.1 Å². The molecule has 0 aliphatic carbocycles. The lowest BCUT2D eigenvalue weighted by Gasteiger charge is -2.22. The minimum absolute atomic E-state index is 0.245. The molecule has 3 nitrogen and oxygen atoms in total. The highest BCUT2D eigenvalue weighted by molar-refractivity contribution is 5.96. The Morgan fingerprint density at radius 1 is 1.05 bits per heavy atom. The molecule has 0 radical (unpaired) electrons. The maximum atomic E-state index is 12.9. The summed E-state index contributed by atoms with van der Waals surface area (Å²) in [5.74, 6) is -9.36. The van der Waals surface area contributed by atoms with Crippen LogP contribution in [0.25, 0.3) is 0 Å². The van der Waals surface area contributed by atoms with Crippen LogP contribution in [0.2, 0.25) is 0 Å². The third kappa shape index (κ3) is 4.78. The van der Waals surface area contributed by atoms with Crippen LogP contribution in [0.4, 0.5) is 22.0 Å². The second-order valence-corrected chi connectivity index (χ2v) is 4.77.